The molecule has 0 saturated carbocycles. The summed E-state index contributed by atoms with van der Waals surface area (Å²) in [6.45, 7) is 2.41. The number of aromatic nitrogens is 1. The molecule has 3 aromatic rings. The molecule has 0 atom stereocenters. The standard InChI is InChI=1S/C15H14N2O3S2/c1-2-20-11-7-9-12(10-8-11)22(18,19)17-15-13-5-3-4-6-14(13)16-21-15/h3-10,17H,2H2,1H3. The van der Waals surface area contributed by atoms with E-state index in [4.69, 9.17) is 4.74 Å². The van der Waals surface area contributed by atoms with Crippen LogP contribution in [-0.4, -0.2) is 19.4 Å². The van der Waals surface area contributed by atoms with Crippen LogP contribution < -0.4 is 9.46 Å². The van der Waals surface area contributed by atoms with E-state index < -0.39 is 10.0 Å². The maximum atomic E-state index is 12.4. The van der Waals surface area contributed by atoms with E-state index in [0.717, 1.165) is 22.4 Å². The second kappa shape index (κ2) is 5.94. The van der Waals surface area contributed by atoms with Gasteiger partial charge in [0.1, 0.15) is 10.8 Å². The number of hydrogen-bond acceptors (Lipinski definition) is 5. The minimum Gasteiger partial charge on any atom is -0.494 e. The molecule has 0 aliphatic carbocycles. The Morgan fingerprint density at radius 3 is 2.59 bits per heavy atom. The van der Waals surface area contributed by atoms with E-state index in [1.807, 2.05) is 31.2 Å². The van der Waals surface area contributed by atoms with Crippen LogP contribution in [0.4, 0.5) is 5.00 Å². The van der Waals surface area contributed by atoms with Gasteiger partial charge in [-0.05, 0) is 54.9 Å². The van der Waals surface area contributed by atoms with Gasteiger partial charge < -0.3 is 4.74 Å². The van der Waals surface area contributed by atoms with Crippen molar-refractivity contribution >= 4 is 37.5 Å². The van der Waals surface area contributed by atoms with Crippen molar-refractivity contribution in [3.05, 3.63) is 48.5 Å². The van der Waals surface area contributed by atoms with Crippen molar-refractivity contribution in [3.8, 4) is 5.75 Å². The van der Waals surface area contributed by atoms with Crippen molar-refractivity contribution in [2.75, 3.05) is 11.3 Å². The topological polar surface area (TPSA) is 68.3 Å². The third-order valence-electron chi connectivity index (χ3n) is 3.06. The van der Waals surface area contributed by atoms with Gasteiger partial charge in [0.25, 0.3) is 10.0 Å². The summed E-state index contributed by atoms with van der Waals surface area (Å²) >= 11 is 1.13. The highest BCUT2D eigenvalue weighted by Crippen LogP contribution is 2.29. The second-order valence-electron chi connectivity index (χ2n) is 4.54. The summed E-state index contributed by atoms with van der Waals surface area (Å²) in [7, 11) is -3.64. The van der Waals surface area contributed by atoms with Gasteiger partial charge in [-0.1, -0.05) is 12.1 Å². The molecule has 0 saturated heterocycles. The monoisotopic (exact) mass is 334 g/mol. The van der Waals surface area contributed by atoms with E-state index in [2.05, 4.69) is 9.10 Å². The van der Waals surface area contributed by atoms with Crippen molar-refractivity contribution in [2.24, 2.45) is 0 Å². The molecule has 0 aliphatic heterocycles. The van der Waals surface area contributed by atoms with Gasteiger partial charge in [0.15, 0.2) is 0 Å². The number of nitrogens with zero attached hydrogens (tertiary/aromatic N) is 1. The molecule has 1 aromatic heterocycles. The SMILES string of the molecule is CCOc1ccc(S(=O)(=O)Nc2snc3ccccc23)cc1. The predicted octanol–water partition coefficient (Wildman–Crippen LogP) is 3.50. The highest BCUT2D eigenvalue weighted by molar-refractivity contribution is 7.93. The molecular formula is C15H14N2O3S2. The summed E-state index contributed by atoms with van der Waals surface area (Å²) < 4.78 is 37.0. The third-order valence-corrected chi connectivity index (χ3v) is 5.34. The zero-order valence-electron chi connectivity index (χ0n) is 11.8. The molecule has 22 heavy (non-hydrogen) atoms. The smallest absolute Gasteiger partial charge is 0.262 e. The molecule has 0 unspecified atom stereocenters. The molecule has 3 rings (SSSR count). The Morgan fingerprint density at radius 1 is 1.14 bits per heavy atom. The summed E-state index contributed by atoms with van der Waals surface area (Å²) in [6.07, 6.45) is 0. The van der Waals surface area contributed by atoms with Gasteiger partial charge in [-0.15, -0.1) is 0 Å². The van der Waals surface area contributed by atoms with E-state index in [1.54, 1.807) is 12.1 Å². The lowest BCUT2D eigenvalue weighted by Gasteiger charge is -2.07. The molecule has 1 N–H and O–H groups in total. The summed E-state index contributed by atoms with van der Waals surface area (Å²) in [5.74, 6) is 0.643. The zero-order chi connectivity index (χ0) is 15.6. The van der Waals surface area contributed by atoms with E-state index in [0.29, 0.717) is 17.4 Å². The molecule has 0 aliphatic rings. The molecule has 7 heteroatoms. The van der Waals surface area contributed by atoms with Gasteiger partial charge in [0.2, 0.25) is 0 Å². The molecule has 114 valence electrons. The lowest BCUT2D eigenvalue weighted by molar-refractivity contribution is 0.340. The highest BCUT2D eigenvalue weighted by Gasteiger charge is 2.17. The number of rotatable bonds is 5. The molecule has 0 fully saturated rings. The van der Waals surface area contributed by atoms with Crippen LogP contribution in [0.15, 0.2) is 53.4 Å². The Hall–Kier alpha value is -2.12. The Labute approximate surface area is 132 Å². The number of nitrogens with one attached hydrogen (secondary N) is 1. The maximum Gasteiger partial charge on any atom is 0.262 e. The summed E-state index contributed by atoms with van der Waals surface area (Å²) in [5, 5.41) is 1.31. The van der Waals surface area contributed by atoms with Gasteiger partial charge >= 0.3 is 0 Å². The van der Waals surface area contributed by atoms with E-state index >= 15 is 0 Å². The van der Waals surface area contributed by atoms with Crippen molar-refractivity contribution < 1.29 is 13.2 Å². The molecule has 5 nitrogen and oxygen atoms in total. The first-order valence-corrected chi connectivity index (χ1v) is 8.96. The van der Waals surface area contributed by atoms with Crippen LogP contribution in [0.25, 0.3) is 10.9 Å². The first-order valence-electron chi connectivity index (χ1n) is 6.70. The van der Waals surface area contributed by atoms with Crippen LogP contribution in [0, 0.1) is 0 Å². The van der Waals surface area contributed by atoms with Crippen LogP contribution in [0.1, 0.15) is 6.92 Å². The number of hydrogen-bond donors (Lipinski definition) is 1. The van der Waals surface area contributed by atoms with Gasteiger partial charge in [-0.25, -0.2) is 8.42 Å². The summed E-state index contributed by atoms with van der Waals surface area (Å²) in [6, 6.07) is 13.7. The van der Waals surface area contributed by atoms with E-state index in [-0.39, 0.29) is 4.90 Å². The first-order chi connectivity index (χ1) is 10.6. The largest absolute Gasteiger partial charge is 0.494 e. The lowest BCUT2D eigenvalue weighted by Crippen LogP contribution is -2.12. The number of ether oxygens (including phenoxy) is 1. The van der Waals surface area contributed by atoms with Gasteiger partial charge in [0, 0.05) is 5.39 Å². The Bertz CT molecular complexity index is 887. The molecule has 2 aromatic carbocycles. The highest BCUT2D eigenvalue weighted by atomic mass is 32.2. The normalized spacial score (nSPS) is 11.5. The van der Waals surface area contributed by atoms with Crippen LogP contribution >= 0.6 is 11.5 Å². The lowest BCUT2D eigenvalue weighted by atomic mass is 10.2. The van der Waals surface area contributed by atoms with Crippen LogP contribution in [0.5, 0.6) is 5.75 Å². The molecule has 0 bridgehead atoms. The van der Waals surface area contributed by atoms with Crippen LogP contribution in [0.3, 0.4) is 0 Å². The Balaban J connectivity index is 1.90. The average molecular weight is 334 g/mol. The number of sulfonamides is 1. The minimum atomic E-state index is -3.64. The van der Waals surface area contributed by atoms with E-state index in [9.17, 15) is 8.42 Å². The third kappa shape index (κ3) is 2.90. The number of fused-ring (bicyclic) bond motifs is 1. The van der Waals surface area contributed by atoms with Crippen molar-refractivity contribution in [2.45, 2.75) is 11.8 Å². The number of anilines is 1. The van der Waals surface area contributed by atoms with Gasteiger partial charge in [-0.3, -0.25) is 4.72 Å². The van der Waals surface area contributed by atoms with Crippen molar-refractivity contribution in [1.29, 1.82) is 0 Å². The van der Waals surface area contributed by atoms with Crippen molar-refractivity contribution in [1.82, 2.24) is 4.37 Å². The van der Waals surface area contributed by atoms with Gasteiger partial charge in [-0.2, -0.15) is 4.37 Å². The molecule has 0 spiro atoms. The second-order valence-corrected chi connectivity index (χ2v) is 6.99. The fourth-order valence-corrected chi connectivity index (χ4v) is 4.09. The van der Waals surface area contributed by atoms with Crippen molar-refractivity contribution in [3.63, 3.8) is 0 Å². The minimum absolute atomic E-state index is 0.188. The summed E-state index contributed by atoms with van der Waals surface area (Å²) in [4.78, 5) is 0.188. The summed E-state index contributed by atoms with van der Waals surface area (Å²) in [5.41, 5.74) is 0.775. The van der Waals surface area contributed by atoms with Gasteiger partial charge in [0.05, 0.1) is 17.0 Å². The van der Waals surface area contributed by atoms with Crippen LogP contribution in [-0.2, 0) is 10.0 Å². The van der Waals surface area contributed by atoms with E-state index in [1.165, 1.54) is 12.1 Å². The zero-order valence-corrected chi connectivity index (χ0v) is 13.4. The molecule has 1 heterocycles. The van der Waals surface area contributed by atoms with Crippen LogP contribution in [0.2, 0.25) is 0 Å². The fourth-order valence-electron chi connectivity index (χ4n) is 2.03. The first kappa shape index (κ1) is 14.8. The molecular weight excluding hydrogens is 320 g/mol. The molecule has 0 amide bonds. The maximum absolute atomic E-state index is 12.4. The quantitative estimate of drug-likeness (QED) is 0.775. The predicted molar refractivity (Wildman–Crippen MR) is 88.0 cm³/mol. The fraction of sp³-hybridized carbons (Fsp3) is 0.133. The number of benzene rings is 2. The average Bonchev–Trinajstić information content (AvgIpc) is 2.91. The Morgan fingerprint density at radius 2 is 1.86 bits per heavy atom. The Kier molecular flexibility index (Phi) is 4.00. The molecule has 0 radical (unpaired) electrons.